The lowest BCUT2D eigenvalue weighted by atomic mass is 10.2. The maximum Gasteiger partial charge on any atom is 0.223 e. The molecule has 0 unspecified atom stereocenters. The molecule has 142 valence electrons. The van der Waals surface area contributed by atoms with Gasteiger partial charge in [0.15, 0.2) is 5.82 Å². The van der Waals surface area contributed by atoms with Gasteiger partial charge in [0.2, 0.25) is 5.95 Å². The molecule has 3 heterocycles. The summed E-state index contributed by atoms with van der Waals surface area (Å²) in [5.41, 5.74) is 3.57. The Morgan fingerprint density at radius 1 is 1.11 bits per heavy atom. The van der Waals surface area contributed by atoms with E-state index in [1.807, 2.05) is 44.4 Å². The van der Waals surface area contributed by atoms with Crippen LogP contribution in [0.1, 0.15) is 11.1 Å². The van der Waals surface area contributed by atoms with Crippen LogP contribution in [0.4, 0.5) is 5.95 Å². The van der Waals surface area contributed by atoms with E-state index in [1.54, 1.807) is 28.9 Å². The Balaban J connectivity index is 1.52. The molecule has 0 atom stereocenters. The van der Waals surface area contributed by atoms with Gasteiger partial charge in [-0.2, -0.15) is 10.2 Å². The van der Waals surface area contributed by atoms with Gasteiger partial charge in [-0.25, -0.2) is 24.3 Å². The number of rotatable bonds is 6. The molecule has 0 spiro atoms. The SMILES string of the molecule is COc1ccccc1-n1cc(CNc2ncc(C)c(-c3ncnn3C)n2)cn1. The summed E-state index contributed by atoms with van der Waals surface area (Å²) in [5, 5.41) is 11.8. The molecule has 4 rings (SSSR count). The van der Waals surface area contributed by atoms with Crippen molar-refractivity contribution in [2.45, 2.75) is 13.5 Å². The summed E-state index contributed by atoms with van der Waals surface area (Å²) in [4.78, 5) is 13.2. The maximum absolute atomic E-state index is 5.40. The summed E-state index contributed by atoms with van der Waals surface area (Å²) < 4.78 is 8.88. The maximum atomic E-state index is 5.40. The van der Waals surface area contributed by atoms with Gasteiger partial charge in [-0.15, -0.1) is 0 Å². The number of hydrogen-bond acceptors (Lipinski definition) is 7. The zero-order valence-corrected chi connectivity index (χ0v) is 15.9. The standard InChI is InChI=1S/C19H20N8O/c1-13-8-20-19(25-17(13)18-22-12-24-26(18)2)21-9-14-10-23-27(11-14)15-6-4-5-7-16(15)28-3/h4-8,10-12H,9H2,1-3H3,(H,20,21,25). The predicted octanol–water partition coefficient (Wildman–Crippen LogP) is 2.39. The molecule has 0 fully saturated rings. The van der Waals surface area contributed by atoms with Crippen LogP contribution in [0.3, 0.4) is 0 Å². The molecule has 1 aromatic carbocycles. The van der Waals surface area contributed by atoms with E-state index in [1.165, 1.54) is 6.33 Å². The van der Waals surface area contributed by atoms with Crippen LogP contribution in [0.5, 0.6) is 5.75 Å². The first-order valence-corrected chi connectivity index (χ1v) is 8.74. The lowest BCUT2D eigenvalue weighted by Gasteiger charge is -2.08. The number of anilines is 1. The lowest BCUT2D eigenvalue weighted by molar-refractivity contribution is 0.411. The van der Waals surface area contributed by atoms with Crippen molar-refractivity contribution in [1.82, 2.24) is 34.5 Å². The third-order valence-electron chi connectivity index (χ3n) is 4.31. The summed E-state index contributed by atoms with van der Waals surface area (Å²) in [6.45, 7) is 2.49. The van der Waals surface area contributed by atoms with Crippen LogP contribution in [0.25, 0.3) is 17.2 Å². The minimum Gasteiger partial charge on any atom is -0.494 e. The summed E-state index contributed by atoms with van der Waals surface area (Å²) in [5.74, 6) is 1.99. The third kappa shape index (κ3) is 3.41. The number of aryl methyl sites for hydroxylation is 2. The van der Waals surface area contributed by atoms with E-state index in [0.29, 0.717) is 18.3 Å². The number of hydrogen-bond donors (Lipinski definition) is 1. The smallest absolute Gasteiger partial charge is 0.223 e. The van der Waals surface area contributed by atoms with Gasteiger partial charge in [0, 0.05) is 31.5 Å². The van der Waals surface area contributed by atoms with Crippen molar-refractivity contribution in [2.24, 2.45) is 7.05 Å². The molecule has 0 saturated carbocycles. The van der Waals surface area contributed by atoms with Gasteiger partial charge in [0.05, 0.1) is 13.3 Å². The van der Waals surface area contributed by atoms with Crippen LogP contribution in [0.2, 0.25) is 0 Å². The van der Waals surface area contributed by atoms with Crippen LogP contribution in [-0.2, 0) is 13.6 Å². The summed E-state index contributed by atoms with van der Waals surface area (Å²) in [7, 11) is 3.48. The Kier molecular flexibility index (Phi) is 4.71. The quantitative estimate of drug-likeness (QED) is 0.552. The van der Waals surface area contributed by atoms with Crippen molar-refractivity contribution >= 4 is 5.95 Å². The summed E-state index contributed by atoms with van der Waals surface area (Å²) in [6, 6.07) is 7.74. The number of benzene rings is 1. The van der Waals surface area contributed by atoms with Gasteiger partial charge in [-0.1, -0.05) is 12.1 Å². The number of methoxy groups -OCH3 is 1. The largest absolute Gasteiger partial charge is 0.494 e. The van der Waals surface area contributed by atoms with Gasteiger partial charge in [0.25, 0.3) is 0 Å². The number of nitrogens with zero attached hydrogens (tertiary/aromatic N) is 7. The number of ether oxygens (including phenoxy) is 1. The molecule has 0 aliphatic carbocycles. The zero-order valence-electron chi connectivity index (χ0n) is 15.9. The van der Waals surface area contributed by atoms with Crippen LogP contribution >= 0.6 is 0 Å². The number of aromatic nitrogens is 7. The van der Waals surface area contributed by atoms with Crippen molar-refractivity contribution in [3.8, 4) is 23.0 Å². The Bertz CT molecular complexity index is 1100. The molecule has 9 heteroatoms. The molecule has 0 radical (unpaired) electrons. The van der Waals surface area contributed by atoms with Gasteiger partial charge in [0.1, 0.15) is 23.5 Å². The second kappa shape index (κ2) is 7.47. The topological polar surface area (TPSA) is 95.6 Å². The molecule has 4 aromatic rings. The highest BCUT2D eigenvalue weighted by Gasteiger charge is 2.12. The Hall–Kier alpha value is -3.75. The van der Waals surface area contributed by atoms with Crippen molar-refractivity contribution in [2.75, 3.05) is 12.4 Å². The van der Waals surface area contributed by atoms with Crippen LogP contribution in [-0.4, -0.2) is 41.6 Å². The highest BCUT2D eigenvalue weighted by Crippen LogP contribution is 2.22. The molecule has 1 N–H and O–H groups in total. The highest BCUT2D eigenvalue weighted by atomic mass is 16.5. The fraction of sp³-hybridized carbons (Fsp3) is 0.211. The van der Waals surface area contributed by atoms with Crippen molar-refractivity contribution in [1.29, 1.82) is 0 Å². The van der Waals surface area contributed by atoms with Gasteiger partial charge < -0.3 is 10.1 Å². The second-order valence-corrected chi connectivity index (χ2v) is 6.25. The van der Waals surface area contributed by atoms with Gasteiger partial charge in [-0.3, -0.25) is 0 Å². The molecule has 9 nitrogen and oxygen atoms in total. The van der Waals surface area contributed by atoms with E-state index in [-0.39, 0.29) is 0 Å². The zero-order chi connectivity index (χ0) is 19.5. The first-order chi connectivity index (χ1) is 13.7. The van der Waals surface area contributed by atoms with Crippen molar-refractivity contribution in [3.05, 3.63) is 60.3 Å². The average Bonchev–Trinajstić information content (AvgIpc) is 3.36. The molecule has 0 saturated heterocycles. The molecule has 3 aromatic heterocycles. The lowest BCUT2D eigenvalue weighted by Crippen LogP contribution is -2.06. The molecule has 0 aliphatic rings. The van der Waals surface area contributed by atoms with Gasteiger partial charge >= 0.3 is 0 Å². The Morgan fingerprint density at radius 2 is 1.96 bits per heavy atom. The summed E-state index contributed by atoms with van der Waals surface area (Å²) in [6.07, 6.45) is 7.04. The minimum absolute atomic E-state index is 0.522. The fourth-order valence-corrected chi connectivity index (χ4v) is 2.85. The predicted molar refractivity (Wildman–Crippen MR) is 104 cm³/mol. The second-order valence-electron chi connectivity index (χ2n) is 6.25. The highest BCUT2D eigenvalue weighted by molar-refractivity contribution is 5.55. The molecule has 28 heavy (non-hydrogen) atoms. The molecular formula is C19H20N8O. The molecule has 0 aliphatic heterocycles. The van der Waals surface area contributed by atoms with E-state index in [0.717, 1.165) is 28.3 Å². The first-order valence-electron chi connectivity index (χ1n) is 8.74. The minimum atomic E-state index is 0.522. The third-order valence-corrected chi connectivity index (χ3v) is 4.31. The van der Waals surface area contributed by atoms with E-state index in [2.05, 4.69) is 30.5 Å². The monoisotopic (exact) mass is 376 g/mol. The van der Waals surface area contributed by atoms with E-state index in [4.69, 9.17) is 4.74 Å². The Labute approximate surface area is 162 Å². The van der Waals surface area contributed by atoms with Crippen molar-refractivity contribution in [3.63, 3.8) is 0 Å². The Morgan fingerprint density at radius 3 is 2.75 bits per heavy atom. The first kappa shape index (κ1) is 17.7. The van der Waals surface area contributed by atoms with Crippen molar-refractivity contribution < 1.29 is 4.74 Å². The van der Waals surface area contributed by atoms with Crippen LogP contribution < -0.4 is 10.1 Å². The fourth-order valence-electron chi connectivity index (χ4n) is 2.85. The van der Waals surface area contributed by atoms with E-state index < -0.39 is 0 Å². The molecule has 0 amide bonds. The van der Waals surface area contributed by atoms with Crippen LogP contribution in [0, 0.1) is 6.92 Å². The van der Waals surface area contributed by atoms with Gasteiger partial charge in [-0.05, 0) is 24.6 Å². The molecule has 0 bridgehead atoms. The summed E-state index contributed by atoms with van der Waals surface area (Å²) >= 11 is 0. The van der Waals surface area contributed by atoms with E-state index in [9.17, 15) is 0 Å². The number of para-hydroxylation sites is 2. The van der Waals surface area contributed by atoms with Crippen LogP contribution in [0.15, 0.2) is 49.2 Å². The average molecular weight is 376 g/mol. The molecular weight excluding hydrogens is 356 g/mol. The number of nitrogens with one attached hydrogen (secondary N) is 1. The normalized spacial score (nSPS) is 10.8. The van der Waals surface area contributed by atoms with E-state index >= 15 is 0 Å².